The zero-order valence-electron chi connectivity index (χ0n) is 9.73. The molecule has 3 unspecified atom stereocenters. The predicted molar refractivity (Wildman–Crippen MR) is 57.8 cm³/mol. The summed E-state index contributed by atoms with van der Waals surface area (Å²) >= 11 is 0. The largest absolute Gasteiger partial charge is 0.463 e. The van der Waals surface area contributed by atoms with Crippen LogP contribution in [0.1, 0.15) is 26.7 Å². The standard InChI is InChI=1S/C12H18O4/c1-7-4-10(14)8(2)12(5-7)11(16-12)6-15-9(3)13/h7,10-11,14H,2,4-6H2,1,3H3/t7-,10?,11?,12?/m1/s1. The third-order valence-electron chi connectivity index (χ3n) is 3.48. The van der Waals surface area contributed by atoms with E-state index in [0.717, 1.165) is 18.4 Å². The Morgan fingerprint density at radius 3 is 3.06 bits per heavy atom. The van der Waals surface area contributed by atoms with E-state index in [1.54, 1.807) is 0 Å². The molecule has 1 aliphatic carbocycles. The molecule has 1 aliphatic heterocycles. The van der Waals surface area contributed by atoms with Crippen LogP contribution in [0.25, 0.3) is 0 Å². The number of rotatable bonds is 2. The number of carbonyl (C=O) groups excluding carboxylic acids is 1. The lowest BCUT2D eigenvalue weighted by molar-refractivity contribution is -0.141. The number of hydrogen-bond donors (Lipinski definition) is 1. The van der Waals surface area contributed by atoms with Crippen molar-refractivity contribution in [1.29, 1.82) is 0 Å². The smallest absolute Gasteiger partial charge is 0.302 e. The molecule has 1 N–H and O–H groups in total. The highest BCUT2D eigenvalue weighted by Crippen LogP contribution is 2.52. The van der Waals surface area contributed by atoms with Crippen molar-refractivity contribution in [1.82, 2.24) is 0 Å². The Hall–Kier alpha value is -0.870. The van der Waals surface area contributed by atoms with Gasteiger partial charge in [0.25, 0.3) is 0 Å². The van der Waals surface area contributed by atoms with E-state index in [2.05, 4.69) is 13.5 Å². The topological polar surface area (TPSA) is 59.1 Å². The summed E-state index contributed by atoms with van der Waals surface area (Å²) in [6, 6.07) is 0. The molecule has 2 aliphatic rings. The third-order valence-corrected chi connectivity index (χ3v) is 3.48. The lowest BCUT2D eigenvalue weighted by Crippen LogP contribution is -2.36. The summed E-state index contributed by atoms with van der Waals surface area (Å²) < 4.78 is 10.5. The maximum Gasteiger partial charge on any atom is 0.302 e. The van der Waals surface area contributed by atoms with Gasteiger partial charge >= 0.3 is 5.97 Å². The average molecular weight is 226 g/mol. The van der Waals surface area contributed by atoms with Crippen LogP contribution in [0.4, 0.5) is 0 Å². The number of aliphatic hydroxyl groups excluding tert-OH is 1. The summed E-state index contributed by atoms with van der Waals surface area (Å²) in [5.74, 6) is 0.100. The minimum atomic E-state index is -0.494. The van der Waals surface area contributed by atoms with Gasteiger partial charge in [0, 0.05) is 6.92 Å². The maximum absolute atomic E-state index is 10.7. The predicted octanol–water partition coefficient (Wildman–Crippen LogP) is 1.03. The second-order valence-electron chi connectivity index (χ2n) is 4.88. The first kappa shape index (κ1) is 11.6. The van der Waals surface area contributed by atoms with Gasteiger partial charge in [0.2, 0.25) is 0 Å². The minimum Gasteiger partial charge on any atom is -0.463 e. The number of esters is 1. The zero-order valence-corrected chi connectivity index (χ0v) is 9.73. The van der Waals surface area contributed by atoms with Crippen molar-refractivity contribution >= 4 is 5.97 Å². The Morgan fingerprint density at radius 2 is 2.44 bits per heavy atom. The third kappa shape index (κ3) is 1.87. The molecule has 0 radical (unpaired) electrons. The molecule has 0 aromatic heterocycles. The van der Waals surface area contributed by atoms with Crippen LogP contribution in [0.2, 0.25) is 0 Å². The minimum absolute atomic E-state index is 0.124. The quantitative estimate of drug-likeness (QED) is 0.434. The van der Waals surface area contributed by atoms with Crippen LogP contribution in [0.15, 0.2) is 12.2 Å². The maximum atomic E-state index is 10.7. The van der Waals surface area contributed by atoms with E-state index < -0.39 is 11.7 Å². The van der Waals surface area contributed by atoms with Crippen molar-refractivity contribution in [3.8, 4) is 0 Å². The summed E-state index contributed by atoms with van der Waals surface area (Å²) in [4.78, 5) is 10.7. The molecule has 1 saturated carbocycles. The number of ether oxygens (including phenoxy) is 2. The Morgan fingerprint density at radius 1 is 1.75 bits per heavy atom. The Bertz CT molecular complexity index is 325. The molecule has 0 bridgehead atoms. The van der Waals surface area contributed by atoms with Gasteiger partial charge in [0.15, 0.2) is 0 Å². The highest BCUT2D eigenvalue weighted by molar-refractivity contribution is 5.66. The van der Waals surface area contributed by atoms with Crippen LogP contribution in [0.5, 0.6) is 0 Å². The molecule has 0 aromatic rings. The van der Waals surface area contributed by atoms with Crippen molar-refractivity contribution in [3.63, 3.8) is 0 Å². The molecule has 0 amide bonds. The van der Waals surface area contributed by atoms with E-state index in [0.29, 0.717) is 5.92 Å². The molecule has 0 aromatic carbocycles. The van der Waals surface area contributed by atoms with E-state index in [1.165, 1.54) is 6.92 Å². The van der Waals surface area contributed by atoms with Gasteiger partial charge in [0.1, 0.15) is 18.3 Å². The fraction of sp³-hybridized carbons (Fsp3) is 0.750. The molecule has 90 valence electrons. The van der Waals surface area contributed by atoms with E-state index >= 15 is 0 Å². The zero-order chi connectivity index (χ0) is 11.9. The van der Waals surface area contributed by atoms with Gasteiger partial charge in [-0.15, -0.1) is 0 Å². The van der Waals surface area contributed by atoms with Gasteiger partial charge in [-0.25, -0.2) is 0 Å². The second-order valence-corrected chi connectivity index (χ2v) is 4.88. The fourth-order valence-electron chi connectivity index (χ4n) is 2.58. The molecule has 1 heterocycles. The summed E-state index contributed by atoms with van der Waals surface area (Å²) in [6.07, 6.45) is 0.978. The van der Waals surface area contributed by atoms with Crippen LogP contribution in [0, 0.1) is 5.92 Å². The van der Waals surface area contributed by atoms with Gasteiger partial charge in [-0.05, 0) is 24.3 Å². The van der Waals surface area contributed by atoms with Crippen molar-refractivity contribution in [2.24, 2.45) is 5.92 Å². The van der Waals surface area contributed by atoms with E-state index in [-0.39, 0.29) is 18.7 Å². The van der Waals surface area contributed by atoms with Crippen LogP contribution >= 0.6 is 0 Å². The van der Waals surface area contributed by atoms with Gasteiger partial charge in [-0.1, -0.05) is 13.5 Å². The first-order chi connectivity index (χ1) is 7.45. The van der Waals surface area contributed by atoms with Crippen molar-refractivity contribution in [3.05, 3.63) is 12.2 Å². The van der Waals surface area contributed by atoms with Gasteiger partial charge in [-0.3, -0.25) is 4.79 Å². The number of aliphatic hydroxyl groups is 1. The first-order valence-corrected chi connectivity index (χ1v) is 5.64. The van der Waals surface area contributed by atoms with Crippen molar-refractivity contribution in [2.75, 3.05) is 6.61 Å². The average Bonchev–Trinajstić information content (AvgIpc) is 2.86. The molecule has 4 nitrogen and oxygen atoms in total. The Labute approximate surface area is 95.2 Å². The van der Waals surface area contributed by atoms with Crippen LogP contribution in [-0.4, -0.2) is 35.5 Å². The molecule has 2 fully saturated rings. The van der Waals surface area contributed by atoms with E-state index in [1.807, 2.05) is 0 Å². The van der Waals surface area contributed by atoms with Crippen LogP contribution in [0.3, 0.4) is 0 Å². The normalized spacial score (nSPS) is 42.2. The Balaban J connectivity index is 1.98. The van der Waals surface area contributed by atoms with E-state index in [9.17, 15) is 9.90 Å². The number of carbonyl (C=O) groups is 1. The second kappa shape index (κ2) is 3.86. The van der Waals surface area contributed by atoms with Crippen LogP contribution in [-0.2, 0) is 14.3 Å². The van der Waals surface area contributed by atoms with Gasteiger partial charge < -0.3 is 14.6 Å². The SMILES string of the molecule is C=C1C(O)C[C@@H](C)CC12OC2COC(C)=O. The summed E-state index contributed by atoms with van der Waals surface area (Å²) in [6.45, 7) is 7.63. The van der Waals surface area contributed by atoms with E-state index in [4.69, 9.17) is 9.47 Å². The molecule has 2 rings (SSSR count). The molecular formula is C12H18O4. The summed E-state index contributed by atoms with van der Waals surface area (Å²) in [5.41, 5.74) is 0.301. The number of epoxide rings is 1. The molecule has 4 heteroatoms. The van der Waals surface area contributed by atoms with Gasteiger partial charge in [-0.2, -0.15) is 0 Å². The molecule has 4 atom stereocenters. The highest BCUT2D eigenvalue weighted by Gasteiger charge is 2.62. The fourth-order valence-corrected chi connectivity index (χ4v) is 2.58. The summed E-state index contributed by atoms with van der Waals surface area (Å²) in [7, 11) is 0. The Kier molecular flexibility index (Phi) is 2.80. The lowest BCUT2D eigenvalue weighted by Gasteiger charge is -2.31. The molecular weight excluding hydrogens is 208 g/mol. The highest BCUT2D eigenvalue weighted by atomic mass is 16.6. The molecule has 1 spiro atoms. The van der Waals surface area contributed by atoms with Crippen LogP contribution < -0.4 is 0 Å². The van der Waals surface area contributed by atoms with Gasteiger partial charge in [0.05, 0.1) is 6.10 Å². The van der Waals surface area contributed by atoms with Crippen molar-refractivity contribution in [2.45, 2.75) is 44.5 Å². The lowest BCUT2D eigenvalue weighted by atomic mass is 9.75. The molecule has 1 saturated heterocycles. The van der Waals surface area contributed by atoms with Crippen molar-refractivity contribution < 1.29 is 19.4 Å². The molecule has 16 heavy (non-hydrogen) atoms. The first-order valence-electron chi connectivity index (χ1n) is 5.64. The monoisotopic (exact) mass is 226 g/mol. The summed E-state index contributed by atoms with van der Waals surface area (Å²) in [5, 5.41) is 9.83. The number of hydrogen-bond acceptors (Lipinski definition) is 4.